The molecule has 0 amide bonds. The predicted molar refractivity (Wildman–Crippen MR) is 74.3 cm³/mol. The molecule has 114 valence electrons. The highest BCUT2D eigenvalue weighted by Crippen LogP contribution is 2.35. The number of alkyl halides is 4. The molecule has 0 aliphatic rings. The summed E-state index contributed by atoms with van der Waals surface area (Å²) in [6.45, 7) is 3.35. The van der Waals surface area contributed by atoms with Gasteiger partial charge in [0.2, 0.25) is 10.0 Å². The molecule has 0 aliphatic heterocycles. The quantitative estimate of drug-likeness (QED) is 0.740. The van der Waals surface area contributed by atoms with Crippen LogP contribution in [0.2, 0.25) is 0 Å². The number of hydrogen-bond acceptors (Lipinski definition) is 2. The number of hydrogen-bond donors (Lipinski definition) is 0. The Morgan fingerprint density at radius 3 is 2.25 bits per heavy atom. The van der Waals surface area contributed by atoms with Crippen molar-refractivity contribution in [2.45, 2.75) is 31.0 Å². The van der Waals surface area contributed by atoms with E-state index in [1.54, 1.807) is 13.8 Å². The topological polar surface area (TPSA) is 37.4 Å². The highest BCUT2D eigenvalue weighted by atomic mass is 79.9. The van der Waals surface area contributed by atoms with Gasteiger partial charge < -0.3 is 0 Å². The van der Waals surface area contributed by atoms with E-state index < -0.39 is 32.7 Å². The zero-order valence-electron chi connectivity index (χ0n) is 11.0. The van der Waals surface area contributed by atoms with E-state index in [2.05, 4.69) is 15.9 Å². The molecule has 0 saturated heterocycles. The Morgan fingerprint density at radius 1 is 1.25 bits per heavy atom. The summed E-state index contributed by atoms with van der Waals surface area (Å²) in [5.41, 5.74) is -1.14. The first kappa shape index (κ1) is 17.5. The van der Waals surface area contributed by atoms with Gasteiger partial charge in [-0.05, 0) is 26.0 Å². The third-order valence-corrected chi connectivity index (χ3v) is 5.15. The smallest absolute Gasteiger partial charge is 0.207 e. The Bertz CT molecular complexity index is 558. The van der Waals surface area contributed by atoms with Crippen LogP contribution in [0.25, 0.3) is 0 Å². The molecule has 20 heavy (non-hydrogen) atoms. The van der Waals surface area contributed by atoms with Crippen molar-refractivity contribution in [3.63, 3.8) is 0 Å². The maximum Gasteiger partial charge on any atom is 0.417 e. The van der Waals surface area contributed by atoms with Gasteiger partial charge in [-0.2, -0.15) is 17.5 Å². The lowest BCUT2D eigenvalue weighted by atomic mass is 10.2. The van der Waals surface area contributed by atoms with Crippen LogP contribution >= 0.6 is 15.9 Å². The molecule has 0 unspecified atom stereocenters. The van der Waals surface area contributed by atoms with E-state index in [1.807, 2.05) is 0 Å². The second-order valence-electron chi connectivity index (χ2n) is 4.39. The van der Waals surface area contributed by atoms with Gasteiger partial charge in [-0.25, -0.2) is 8.42 Å². The number of halogens is 4. The Kier molecular flexibility index (Phi) is 5.62. The minimum atomic E-state index is -4.71. The summed E-state index contributed by atoms with van der Waals surface area (Å²) in [4.78, 5) is -0.706. The third kappa shape index (κ3) is 3.73. The van der Waals surface area contributed by atoms with Gasteiger partial charge in [-0.15, -0.1) is 0 Å². The minimum Gasteiger partial charge on any atom is -0.207 e. The van der Waals surface area contributed by atoms with Crippen molar-refractivity contribution in [3.8, 4) is 0 Å². The number of sulfonamides is 1. The summed E-state index contributed by atoms with van der Waals surface area (Å²) in [7, 11) is -4.19. The number of nitrogens with zero attached hydrogens (tertiary/aromatic N) is 1. The molecule has 0 aromatic heterocycles. The minimum absolute atomic E-state index is 0.103. The van der Waals surface area contributed by atoms with Crippen molar-refractivity contribution in [3.05, 3.63) is 29.8 Å². The van der Waals surface area contributed by atoms with Crippen LogP contribution in [0.15, 0.2) is 29.2 Å². The largest absolute Gasteiger partial charge is 0.417 e. The van der Waals surface area contributed by atoms with Gasteiger partial charge >= 0.3 is 6.18 Å². The van der Waals surface area contributed by atoms with Crippen LogP contribution in [0.4, 0.5) is 13.2 Å². The van der Waals surface area contributed by atoms with E-state index in [0.29, 0.717) is 5.33 Å². The average Bonchev–Trinajstić information content (AvgIpc) is 2.34. The van der Waals surface area contributed by atoms with Gasteiger partial charge in [-0.3, -0.25) is 0 Å². The fourth-order valence-corrected chi connectivity index (χ4v) is 4.26. The molecule has 0 spiro atoms. The molecule has 0 radical (unpaired) electrons. The maximum atomic E-state index is 12.9. The summed E-state index contributed by atoms with van der Waals surface area (Å²) in [6.07, 6.45) is -4.71. The lowest BCUT2D eigenvalue weighted by molar-refractivity contribution is -0.139. The summed E-state index contributed by atoms with van der Waals surface area (Å²) < 4.78 is 64.7. The summed E-state index contributed by atoms with van der Waals surface area (Å²) in [5, 5.41) is 0.346. The first-order valence-corrected chi connectivity index (χ1v) is 8.42. The van der Waals surface area contributed by atoms with E-state index in [9.17, 15) is 21.6 Å². The van der Waals surface area contributed by atoms with Gasteiger partial charge in [0.05, 0.1) is 10.5 Å². The van der Waals surface area contributed by atoms with Crippen molar-refractivity contribution in [2.24, 2.45) is 0 Å². The first-order chi connectivity index (χ1) is 9.12. The zero-order chi connectivity index (χ0) is 15.6. The van der Waals surface area contributed by atoms with Gasteiger partial charge in [-0.1, -0.05) is 28.1 Å². The van der Waals surface area contributed by atoms with E-state index >= 15 is 0 Å². The molecule has 0 saturated carbocycles. The Labute approximate surface area is 125 Å². The standard InChI is InChI=1S/C12H15BrF3NO2S/c1-9(2)17(8-7-13)20(18,19)11-6-4-3-5-10(11)12(14,15)16/h3-6,9H,7-8H2,1-2H3. The van der Waals surface area contributed by atoms with Crippen LogP contribution in [-0.4, -0.2) is 30.6 Å². The Balaban J connectivity index is 3.42. The monoisotopic (exact) mass is 373 g/mol. The highest BCUT2D eigenvalue weighted by Gasteiger charge is 2.39. The van der Waals surface area contributed by atoms with Gasteiger partial charge in [0.15, 0.2) is 0 Å². The van der Waals surface area contributed by atoms with Crippen LogP contribution in [0.5, 0.6) is 0 Å². The normalized spacial score (nSPS) is 13.2. The van der Waals surface area contributed by atoms with Crippen molar-refractivity contribution < 1.29 is 21.6 Å². The van der Waals surface area contributed by atoms with Gasteiger partial charge in [0.1, 0.15) is 0 Å². The van der Waals surface area contributed by atoms with Crippen LogP contribution in [0.3, 0.4) is 0 Å². The molecule has 0 heterocycles. The van der Waals surface area contributed by atoms with Crippen molar-refractivity contribution in [1.82, 2.24) is 4.31 Å². The molecule has 0 N–H and O–H groups in total. The molecule has 0 atom stereocenters. The number of benzene rings is 1. The molecule has 1 aromatic carbocycles. The Morgan fingerprint density at radius 2 is 1.80 bits per heavy atom. The molecule has 1 rings (SSSR count). The SMILES string of the molecule is CC(C)N(CCBr)S(=O)(=O)c1ccccc1C(F)(F)F. The van der Waals surface area contributed by atoms with Crippen molar-refractivity contribution in [2.75, 3.05) is 11.9 Å². The number of rotatable bonds is 5. The molecule has 0 fully saturated rings. The summed E-state index contributed by atoms with van der Waals surface area (Å²) in [6, 6.07) is 3.79. The molecular weight excluding hydrogens is 359 g/mol. The molecule has 3 nitrogen and oxygen atoms in total. The molecule has 8 heteroatoms. The van der Waals surface area contributed by atoms with E-state index in [1.165, 1.54) is 12.1 Å². The fraction of sp³-hybridized carbons (Fsp3) is 0.500. The second kappa shape index (κ2) is 6.44. The van der Waals surface area contributed by atoms with E-state index in [0.717, 1.165) is 16.4 Å². The van der Waals surface area contributed by atoms with Crippen LogP contribution in [0.1, 0.15) is 19.4 Å². The summed E-state index contributed by atoms with van der Waals surface area (Å²) >= 11 is 3.11. The molecular formula is C12H15BrF3NO2S. The van der Waals surface area contributed by atoms with E-state index in [-0.39, 0.29) is 6.54 Å². The van der Waals surface area contributed by atoms with Gasteiger partial charge in [0, 0.05) is 17.9 Å². The average molecular weight is 374 g/mol. The lowest BCUT2D eigenvalue weighted by Gasteiger charge is -2.26. The van der Waals surface area contributed by atoms with Crippen LogP contribution in [-0.2, 0) is 16.2 Å². The maximum absolute atomic E-state index is 12.9. The molecule has 0 aliphatic carbocycles. The lowest BCUT2D eigenvalue weighted by Crippen LogP contribution is -2.39. The van der Waals surface area contributed by atoms with Crippen LogP contribution in [0, 0.1) is 0 Å². The zero-order valence-corrected chi connectivity index (χ0v) is 13.4. The Hall–Kier alpha value is -0.600. The highest BCUT2D eigenvalue weighted by molar-refractivity contribution is 9.09. The van der Waals surface area contributed by atoms with Gasteiger partial charge in [0.25, 0.3) is 0 Å². The third-order valence-electron chi connectivity index (χ3n) is 2.66. The second-order valence-corrected chi connectivity index (χ2v) is 7.04. The summed E-state index contributed by atoms with van der Waals surface area (Å²) in [5.74, 6) is 0. The van der Waals surface area contributed by atoms with Crippen LogP contribution < -0.4 is 0 Å². The fourth-order valence-electron chi connectivity index (χ4n) is 1.79. The van der Waals surface area contributed by atoms with E-state index in [4.69, 9.17) is 0 Å². The molecule has 0 bridgehead atoms. The first-order valence-electron chi connectivity index (χ1n) is 5.86. The van der Waals surface area contributed by atoms with Crippen molar-refractivity contribution >= 4 is 26.0 Å². The molecule has 1 aromatic rings. The predicted octanol–water partition coefficient (Wildman–Crippen LogP) is 3.50. The van der Waals surface area contributed by atoms with Crippen molar-refractivity contribution in [1.29, 1.82) is 0 Å².